The Hall–Kier alpha value is -3.25. The molecule has 5 heteroatoms. The molecule has 0 saturated carbocycles. The molecule has 0 radical (unpaired) electrons. The number of aliphatic carboxylic acids is 1. The van der Waals surface area contributed by atoms with Crippen LogP contribution >= 0.6 is 22.7 Å². The number of thiophene rings is 2. The molecule has 1 N–H and O–H groups in total. The van der Waals surface area contributed by atoms with E-state index in [1.807, 2.05) is 22.7 Å². The molecule has 0 aliphatic rings. The van der Waals surface area contributed by atoms with E-state index in [0.717, 1.165) is 19.6 Å². The SMILES string of the molecule is C.CC(CCN(Cc1cccc2c1sc1ccccc12)Cc1cccc2c1sc1ccccc12)C(=O)O. The van der Waals surface area contributed by atoms with E-state index >= 15 is 0 Å². The molecule has 0 aliphatic carbocycles. The standard InChI is InChI=1S/C31H27NO2S2.CH4/c1-20(31(33)34)16-17-32(18-21-8-6-12-25-23-10-2-4-14-27(23)35-29(21)25)19-22-9-7-13-26-24-11-3-5-15-28(24)36-30(22)26;/h2-15,20H,16-19H2,1H3,(H,33,34);1H4. The first kappa shape index (κ1) is 25.4. The molecule has 0 spiro atoms. The Morgan fingerprint density at radius 2 is 1.19 bits per heavy atom. The van der Waals surface area contributed by atoms with Crippen molar-refractivity contribution in [2.75, 3.05) is 6.54 Å². The molecule has 2 aromatic heterocycles. The number of hydrogen-bond acceptors (Lipinski definition) is 4. The van der Waals surface area contributed by atoms with Crippen molar-refractivity contribution in [3.63, 3.8) is 0 Å². The van der Waals surface area contributed by atoms with Crippen LogP contribution in [0.3, 0.4) is 0 Å². The summed E-state index contributed by atoms with van der Waals surface area (Å²) in [6.45, 7) is 4.12. The molecule has 0 saturated heterocycles. The van der Waals surface area contributed by atoms with Gasteiger partial charge in [0.1, 0.15) is 0 Å². The molecule has 0 bridgehead atoms. The van der Waals surface area contributed by atoms with E-state index in [9.17, 15) is 9.90 Å². The highest BCUT2D eigenvalue weighted by Gasteiger charge is 2.18. The fraction of sp³-hybridized carbons (Fsp3) is 0.219. The number of nitrogens with zero attached hydrogens (tertiary/aromatic N) is 1. The topological polar surface area (TPSA) is 40.5 Å². The number of carbonyl (C=O) groups is 1. The van der Waals surface area contributed by atoms with Crippen LogP contribution in [0.15, 0.2) is 84.9 Å². The second-order valence-electron chi connectivity index (χ2n) is 9.52. The van der Waals surface area contributed by atoms with Gasteiger partial charge < -0.3 is 5.11 Å². The molecule has 1 unspecified atom stereocenters. The van der Waals surface area contributed by atoms with Crippen molar-refractivity contribution < 1.29 is 9.90 Å². The highest BCUT2D eigenvalue weighted by Crippen LogP contribution is 2.38. The predicted octanol–water partition coefficient (Wildman–Crippen LogP) is 9.17. The van der Waals surface area contributed by atoms with Gasteiger partial charge in [0.2, 0.25) is 0 Å². The molecule has 0 amide bonds. The first-order valence-electron chi connectivity index (χ1n) is 12.3. The average Bonchev–Trinajstić information content (AvgIpc) is 3.47. The highest BCUT2D eigenvalue weighted by molar-refractivity contribution is 7.26. The number of hydrogen-bond donors (Lipinski definition) is 1. The van der Waals surface area contributed by atoms with E-state index in [2.05, 4.69) is 89.8 Å². The van der Waals surface area contributed by atoms with Crippen molar-refractivity contribution in [3.05, 3.63) is 96.1 Å². The Morgan fingerprint density at radius 3 is 1.68 bits per heavy atom. The lowest BCUT2D eigenvalue weighted by Gasteiger charge is -2.24. The molecule has 2 heterocycles. The van der Waals surface area contributed by atoms with Crippen molar-refractivity contribution in [2.45, 2.75) is 33.9 Å². The molecule has 4 aromatic carbocycles. The van der Waals surface area contributed by atoms with E-state index in [0.29, 0.717) is 6.42 Å². The summed E-state index contributed by atoms with van der Waals surface area (Å²) in [6, 6.07) is 30.4. The molecule has 37 heavy (non-hydrogen) atoms. The van der Waals surface area contributed by atoms with Crippen LogP contribution in [0, 0.1) is 5.92 Å². The summed E-state index contributed by atoms with van der Waals surface area (Å²) in [7, 11) is 0. The second kappa shape index (κ2) is 10.6. The van der Waals surface area contributed by atoms with Gasteiger partial charge >= 0.3 is 5.97 Å². The monoisotopic (exact) mass is 525 g/mol. The van der Waals surface area contributed by atoms with Crippen LogP contribution < -0.4 is 0 Å². The highest BCUT2D eigenvalue weighted by atomic mass is 32.1. The van der Waals surface area contributed by atoms with E-state index in [1.54, 1.807) is 6.92 Å². The number of benzene rings is 4. The first-order valence-corrected chi connectivity index (χ1v) is 14.0. The molecular formula is C32H31NO2S2. The van der Waals surface area contributed by atoms with Gasteiger partial charge in [-0.15, -0.1) is 22.7 Å². The summed E-state index contributed by atoms with van der Waals surface area (Å²) in [4.78, 5) is 14.0. The summed E-state index contributed by atoms with van der Waals surface area (Å²) >= 11 is 3.71. The third-order valence-corrected chi connectivity index (χ3v) is 9.58. The molecule has 1 atom stereocenters. The van der Waals surface area contributed by atoms with E-state index < -0.39 is 5.97 Å². The minimum atomic E-state index is -0.729. The summed E-state index contributed by atoms with van der Waals surface area (Å²) in [5.41, 5.74) is 2.61. The van der Waals surface area contributed by atoms with Crippen LogP contribution in [0.2, 0.25) is 0 Å². The minimum Gasteiger partial charge on any atom is -0.481 e. The van der Waals surface area contributed by atoms with Crippen LogP contribution in [-0.4, -0.2) is 22.5 Å². The largest absolute Gasteiger partial charge is 0.481 e. The van der Waals surface area contributed by atoms with Gasteiger partial charge in [-0.3, -0.25) is 9.69 Å². The number of rotatable bonds is 8. The number of carboxylic acid groups (broad SMARTS) is 1. The molecule has 6 rings (SSSR count). The lowest BCUT2D eigenvalue weighted by molar-refractivity contribution is -0.141. The number of fused-ring (bicyclic) bond motifs is 6. The summed E-state index contributed by atoms with van der Waals surface area (Å²) in [5.74, 6) is -1.10. The fourth-order valence-electron chi connectivity index (χ4n) is 5.06. The van der Waals surface area contributed by atoms with Crippen LogP contribution in [0.4, 0.5) is 0 Å². The van der Waals surface area contributed by atoms with Crippen molar-refractivity contribution in [3.8, 4) is 0 Å². The lowest BCUT2D eigenvalue weighted by atomic mass is 10.1. The minimum absolute atomic E-state index is 0. The molecule has 6 aromatic rings. The van der Waals surface area contributed by atoms with Gasteiger partial charge in [-0.1, -0.05) is 87.1 Å². The van der Waals surface area contributed by atoms with E-state index in [-0.39, 0.29) is 13.3 Å². The molecule has 3 nitrogen and oxygen atoms in total. The number of carboxylic acids is 1. The molecule has 188 valence electrons. The molecule has 0 fully saturated rings. The van der Waals surface area contributed by atoms with Crippen LogP contribution in [-0.2, 0) is 17.9 Å². The Labute approximate surface area is 225 Å². The van der Waals surface area contributed by atoms with Crippen molar-refractivity contribution >= 4 is 69.0 Å². The maximum atomic E-state index is 11.6. The van der Waals surface area contributed by atoms with E-state index in [4.69, 9.17) is 0 Å². The first-order chi connectivity index (χ1) is 17.6. The summed E-state index contributed by atoms with van der Waals surface area (Å²) < 4.78 is 5.27. The Morgan fingerprint density at radius 1 is 0.730 bits per heavy atom. The molecule has 0 aliphatic heterocycles. The third kappa shape index (κ3) is 4.87. The second-order valence-corrected chi connectivity index (χ2v) is 11.6. The predicted molar refractivity (Wildman–Crippen MR) is 161 cm³/mol. The normalized spacial score (nSPS) is 12.5. The van der Waals surface area contributed by atoms with Gasteiger partial charge in [0.15, 0.2) is 0 Å². The maximum absolute atomic E-state index is 11.6. The Kier molecular flexibility index (Phi) is 7.29. The van der Waals surface area contributed by atoms with Gasteiger partial charge in [0.25, 0.3) is 0 Å². The van der Waals surface area contributed by atoms with Crippen LogP contribution in [0.25, 0.3) is 40.3 Å². The smallest absolute Gasteiger partial charge is 0.306 e. The van der Waals surface area contributed by atoms with Crippen LogP contribution in [0.5, 0.6) is 0 Å². The zero-order valence-electron chi connectivity index (χ0n) is 20.1. The van der Waals surface area contributed by atoms with Gasteiger partial charge in [-0.2, -0.15) is 0 Å². The van der Waals surface area contributed by atoms with Gasteiger partial charge in [-0.05, 0) is 36.2 Å². The van der Waals surface area contributed by atoms with Crippen molar-refractivity contribution in [1.82, 2.24) is 4.90 Å². The van der Waals surface area contributed by atoms with Gasteiger partial charge in [0.05, 0.1) is 5.92 Å². The van der Waals surface area contributed by atoms with Crippen LogP contribution in [0.1, 0.15) is 31.9 Å². The molecular weight excluding hydrogens is 494 g/mol. The third-order valence-electron chi connectivity index (χ3n) is 7.06. The lowest BCUT2D eigenvalue weighted by Crippen LogP contribution is -2.26. The van der Waals surface area contributed by atoms with Gasteiger partial charge in [-0.25, -0.2) is 0 Å². The van der Waals surface area contributed by atoms with E-state index in [1.165, 1.54) is 51.5 Å². The van der Waals surface area contributed by atoms with Gasteiger partial charge in [0, 0.05) is 53.4 Å². The maximum Gasteiger partial charge on any atom is 0.306 e. The zero-order valence-corrected chi connectivity index (χ0v) is 21.7. The fourth-order valence-corrected chi connectivity index (χ4v) is 7.47. The quantitative estimate of drug-likeness (QED) is 0.215. The van der Waals surface area contributed by atoms with Crippen molar-refractivity contribution in [1.29, 1.82) is 0 Å². The summed E-state index contributed by atoms with van der Waals surface area (Å²) in [6.07, 6.45) is 0.625. The average molecular weight is 526 g/mol. The Balaban J connectivity index is 0.00000280. The van der Waals surface area contributed by atoms with Crippen molar-refractivity contribution in [2.24, 2.45) is 5.92 Å². The zero-order chi connectivity index (χ0) is 24.6. The Bertz CT molecular complexity index is 1600. The summed E-state index contributed by atoms with van der Waals surface area (Å²) in [5, 5.41) is 14.7.